The van der Waals surface area contributed by atoms with Gasteiger partial charge in [0.2, 0.25) is 0 Å². The molecule has 0 aliphatic carbocycles. The molecule has 0 saturated heterocycles. The molecular formula is C32H62O5S. The molecule has 0 rings (SSSR count). The predicted molar refractivity (Wildman–Crippen MR) is 162 cm³/mol. The summed E-state index contributed by atoms with van der Waals surface area (Å²) in [6, 6.07) is 0. The molecule has 0 saturated carbocycles. The van der Waals surface area contributed by atoms with E-state index in [0.717, 1.165) is 25.7 Å². The van der Waals surface area contributed by atoms with Gasteiger partial charge in [0.1, 0.15) is 0 Å². The largest absolute Gasteiger partial charge is 0.466 e. The number of carbonyl (C=O) groups is 2. The van der Waals surface area contributed by atoms with E-state index >= 15 is 0 Å². The predicted octanol–water partition coefficient (Wildman–Crippen LogP) is 9.22. The molecule has 226 valence electrons. The third-order valence-corrected chi connectivity index (χ3v) is 8.52. The van der Waals surface area contributed by atoms with Crippen molar-refractivity contribution in [2.24, 2.45) is 0 Å². The molecule has 0 fully saturated rings. The molecule has 0 spiro atoms. The summed E-state index contributed by atoms with van der Waals surface area (Å²) in [5.41, 5.74) is 0. The lowest BCUT2D eigenvalue weighted by molar-refractivity contribution is -0.144. The van der Waals surface area contributed by atoms with Crippen LogP contribution in [0.3, 0.4) is 0 Å². The molecule has 0 amide bonds. The van der Waals surface area contributed by atoms with Crippen LogP contribution in [-0.2, 0) is 29.9 Å². The molecule has 0 bridgehead atoms. The van der Waals surface area contributed by atoms with Gasteiger partial charge in [-0.3, -0.25) is 13.8 Å². The highest BCUT2D eigenvalue weighted by atomic mass is 32.2. The average Bonchev–Trinajstić information content (AvgIpc) is 2.90. The Morgan fingerprint density at radius 3 is 1.05 bits per heavy atom. The van der Waals surface area contributed by atoms with Crippen LogP contribution in [0.1, 0.15) is 168 Å². The summed E-state index contributed by atoms with van der Waals surface area (Å²) in [4.78, 5) is 23.7. The minimum atomic E-state index is -0.999. The maximum absolute atomic E-state index is 12.1. The van der Waals surface area contributed by atoms with E-state index in [-0.39, 0.29) is 11.9 Å². The van der Waals surface area contributed by atoms with Crippen LogP contribution in [-0.4, -0.2) is 40.9 Å². The fourth-order valence-electron chi connectivity index (χ4n) is 4.55. The highest BCUT2D eigenvalue weighted by Gasteiger charge is 2.08. The summed E-state index contributed by atoms with van der Waals surface area (Å²) < 4.78 is 22.7. The Bertz CT molecular complexity index is 506. The van der Waals surface area contributed by atoms with Crippen molar-refractivity contribution in [3.8, 4) is 0 Å². The third kappa shape index (κ3) is 29.6. The number of esters is 2. The molecule has 38 heavy (non-hydrogen) atoms. The van der Waals surface area contributed by atoms with Crippen LogP contribution in [0.5, 0.6) is 0 Å². The summed E-state index contributed by atoms with van der Waals surface area (Å²) >= 11 is 0. The van der Waals surface area contributed by atoms with Crippen LogP contribution >= 0.6 is 0 Å². The highest BCUT2D eigenvalue weighted by Crippen LogP contribution is 2.12. The van der Waals surface area contributed by atoms with Crippen molar-refractivity contribution in [3.05, 3.63) is 0 Å². The Balaban J connectivity index is 3.40. The van der Waals surface area contributed by atoms with Crippen molar-refractivity contribution in [1.29, 1.82) is 0 Å². The molecule has 0 aromatic heterocycles. The van der Waals surface area contributed by atoms with E-state index < -0.39 is 10.8 Å². The van der Waals surface area contributed by atoms with Gasteiger partial charge >= 0.3 is 11.9 Å². The highest BCUT2D eigenvalue weighted by molar-refractivity contribution is 7.84. The number of ether oxygens (including phenoxy) is 2. The Kier molecular flexibility index (Phi) is 29.9. The lowest BCUT2D eigenvalue weighted by Gasteiger charge is -2.06. The van der Waals surface area contributed by atoms with Crippen molar-refractivity contribution in [1.82, 2.24) is 0 Å². The lowest BCUT2D eigenvalue weighted by atomic mass is 10.1. The van der Waals surface area contributed by atoms with Gasteiger partial charge in [-0.05, 0) is 25.7 Å². The van der Waals surface area contributed by atoms with Gasteiger partial charge in [0, 0.05) is 35.1 Å². The molecule has 0 aromatic carbocycles. The summed E-state index contributed by atoms with van der Waals surface area (Å²) in [6.45, 7) is 5.49. The van der Waals surface area contributed by atoms with Gasteiger partial charge in [-0.15, -0.1) is 0 Å². The lowest BCUT2D eigenvalue weighted by Crippen LogP contribution is -2.11. The van der Waals surface area contributed by atoms with Crippen molar-refractivity contribution >= 4 is 22.7 Å². The Morgan fingerprint density at radius 1 is 0.447 bits per heavy atom. The summed E-state index contributed by atoms with van der Waals surface area (Å²) in [7, 11) is -0.999. The van der Waals surface area contributed by atoms with Crippen LogP contribution in [0.15, 0.2) is 0 Å². The van der Waals surface area contributed by atoms with E-state index in [1.54, 1.807) is 0 Å². The molecule has 0 atom stereocenters. The first-order valence-electron chi connectivity index (χ1n) is 16.3. The van der Waals surface area contributed by atoms with E-state index in [4.69, 9.17) is 9.47 Å². The number of unbranched alkanes of at least 4 members (excludes halogenated alkanes) is 18. The number of hydrogen-bond acceptors (Lipinski definition) is 5. The maximum Gasteiger partial charge on any atom is 0.305 e. The third-order valence-electron chi connectivity index (χ3n) is 7.03. The van der Waals surface area contributed by atoms with E-state index in [1.807, 2.05) is 0 Å². The van der Waals surface area contributed by atoms with Gasteiger partial charge in [0.25, 0.3) is 0 Å². The summed E-state index contributed by atoms with van der Waals surface area (Å²) in [6.07, 6.45) is 27.0. The first-order chi connectivity index (χ1) is 18.6. The zero-order valence-electron chi connectivity index (χ0n) is 25.2. The minimum absolute atomic E-state index is 0.187. The second kappa shape index (κ2) is 30.6. The number of hydrogen-bond donors (Lipinski definition) is 0. The quantitative estimate of drug-likeness (QED) is 0.0649. The van der Waals surface area contributed by atoms with Crippen LogP contribution < -0.4 is 0 Å². The molecule has 0 aliphatic rings. The second-order valence-corrected chi connectivity index (χ2v) is 12.6. The molecule has 0 aromatic rings. The Hall–Kier alpha value is -0.910. The van der Waals surface area contributed by atoms with Crippen LogP contribution in [0, 0.1) is 0 Å². The maximum atomic E-state index is 12.1. The minimum Gasteiger partial charge on any atom is -0.466 e. The first-order valence-corrected chi connectivity index (χ1v) is 17.7. The van der Waals surface area contributed by atoms with Gasteiger partial charge in [-0.2, -0.15) is 0 Å². The van der Waals surface area contributed by atoms with Gasteiger partial charge in [-0.1, -0.05) is 129 Å². The van der Waals surface area contributed by atoms with Crippen LogP contribution in [0.2, 0.25) is 0 Å². The van der Waals surface area contributed by atoms with E-state index in [9.17, 15) is 13.8 Å². The molecule has 0 N–H and O–H groups in total. The van der Waals surface area contributed by atoms with E-state index in [2.05, 4.69) is 13.8 Å². The smallest absolute Gasteiger partial charge is 0.305 e. The number of rotatable bonds is 30. The zero-order valence-corrected chi connectivity index (χ0v) is 26.1. The van der Waals surface area contributed by atoms with Crippen LogP contribution in [0.25, 0.3) is 0 Å². The topological polar surface area (TPSA) is 69.7 Å². The molecule has 0 unspecified atom stereocenters. The van der Waals surface area contributed by atoms with Gasteiger partial charge in [0.15, 0.2) is 0 Å². The van der Waals surface area contributed by atoms with Crippen molar-refractivity contribution in [3.63, 3.8) is 0 Å². The fourth-order valence-corrected chi connectivity index (χ4v) is 5.69. The zero-order chi connectivity index (χ0) is 27.9. The van der Waals surface area contributed by atoms with Gasteiger partial charge in [-0.25, -0.2) is 0 Å². The van der Waals surface area contributed by atoms with Crippen molar-refractivity contribution in [2.75, 3.05) is 24.7 Å². The summed E-state index contributed by atoms with van der Waals surface area (Å²) in [5.74, 6) is 0.601. The molecule has 0 radical (unpaired) electrons. The van der Waals surface area contributed by atoms with Gasteiger partial charge in [0.05, 0.1) is 13.2 Å². The molecule has 5 nitrogen and oxygen atoms in total. The molecular weight excluding hydrogens is 496 g/mol. The standard InChI is InChI=1S/C32H62O5S/c1-3-5-7-9-11-13-15-17-19-21-27-36-31(33)25-23-29-38(35)30-24-26-32(34)37-28-22-20-18-16-14-12-10-8-6-4-2/h3-30H2,1-2H3. The summed E-state index contributed by atoms with van der Waals surface area (Å²) in [5, 5.41) is 0. The normalized spacial score (nSPS) is 11.2. The van der Waals surface area contributed by atoms with E-state index in [1.165, 1.54) is 103 Å². The monoisotopic (exact) mass is 558 g/mol. The van der Waals surface area contributed by atoms with E-state index in [0.29, 0.717) is 50.4 Å². The number of carbonyl (C=O) groups excluding carboxylic acids is 2. The first kappa shape index (κ1) is 37.1. The second-order valence-electron chi connectivity index (χ2n) is 10.9. The average molecular weight is 559 g/mol. The fraction of sp³-hybridized carbons (Fsp3) is 0.938. The molecule has 0 aliphatic heterocycles. The molecule has 6 heteroatoms. The Morgan fingerprint density at radius 2 is 0.737 bits per heavy atom. The van der Waals surface area contributed by atoms with Crippen molar-refractivity contribution < 1.29 is 23.3 Å². The van der Waals surface area contributed by atoms with Crippen molar-refractivity contribution in [2.45, 2.75) is 168 Å². The van der Waals surface area contributed by atoms with Crippen LogP contribution in [0.4, 0.5) is 0 Å². The molecule has 0 heterocycles. The van der Waals surface area contributed by atoms with Gasteiger partial charge < -0.3 is 9.47 Å². The Labute approximate surface area is 238 Å². The SMILES string of the molecule is CCCCCCCCCCCCOC(=O)CCCS(=O)CCCC(=O)OCCCCCCCCCCCC.